The van der Waals surface area contributed by atoms with Crippen LogP contribution >= 0.6 is 0 Å². The Morgan fingerprint density at radius 3 is 1.55 bits per heavy atom. The standard InChI is InChI=1S/C33H37F3N8O2.C28H30F3N7O2/c1-32(2,3)26-21-42(18-19-43(26)31(45)46)27-11-8-23(20-37-27)5-4-22-6-9-24(10-7-22)25-14-16-41(17-15-25)29-13-12-28-38-39-30(33(34,35)36)44(28)40-29;1-27(2,3)40-26(39)37-18-20(12-15-32-37)5-4-19-6-8-21(9-7-19)22-13-16-36(17-14-22)24-11-10-23-33-34-25(28(29,30)31)38(23)35-24/h6-11,20,25-26H,12-19,21H2,1-3H3,(H,45,46);6-9,12,15,18,22,32H,10-11,13-14,16-17H2,1-3H3. The maximum Gasteiger partial charge on any atom is 0.453 e. The first kappa shape index (κ1) is 60.3. The number of aromatic nitrogens is 7. The van der Waals surface area contributed by atoms with Gasteiger partial charge in [-0.15, -0.1) is 20.4 Å². The van der Waals surface area contributed by atoms with E-state index in [9.17, 15) is 41.0 Å². The zero-order chi connectivity index (χ0) is 61.1. The number of carbonyl (C=O) groups is 2. The second kappa shape index (κ2) is 24.6. The minimum absolute atomic E-state index is 0.138. The molecule has 6 aliphatic rings. The Kier molecular flexibility index (Phi) is 17.2. The summed E-state index contributed by atoms with van der Waals surface area (Å²) in [5.41, 5.74) is 7.63. The molecule has 2 aromatic carbocycles. The average Bonchev–Trinajstić information content (AvgIpc) is 1.86. The summed E-state index contributed by atoms with van der Waals surface area (Å²) in [5, 5.41) is 33.3. The van der Waals surface area contributed by atoms with E-state index in [1.54, 1.807) is 45.4 Å². The molecule has 9 heterocycles. The molecule has 25 heteroatoms. The van der Waals surface area contributed by atoms with E-state index in [2.05, 4.69) is 124 Å². The van der Waals surface area contributed by atoms with Gasteiger partial charge in [-0.1, -0.05) is 68.7 Å². The lowest BCUT2D eigenvalue weighted by Gasteiger charge is -2.46. The first-order valence-electron chi connectivity index (χ1n) is 28.6. The van der Waals surface area contributed by atoms with E-state index in [-0.39, 0.29) is 23.1 Å². The second-order valence-corrected chi connectivity index (χ2v) is 23.9. The molecule has 452 valence electrons. The molecule has 2 amide bonds. The Hall–Kier alpha value is -8.87. The number of hydrogen-bond acceptors (Lipinski definition) is 14. The second-order valence-electron chi connectivity index (χ2n) is 23.9. The number of piperidine rings is 2. The predicted molar refractivity (Wildman–Crippen MR) is 308 cm³/mol. The highest BCUT2D eigenvalue weighted by molar-refractivity contribution is 5.84. The number of amidine groups is 2. The SMILES string of the molecule is CC(C)(C)C1CN(c2ccc(C#Cc3ccc(C4CCN(C5=Nn6c(nnc6C(F)(F)F)CC5)CC4)cc3)cn2)CCN1C(=O)O.CC(C)(C)OC(=O)N1C=C(C#Cc2ccc(C3CCN(C4=Nn5c(nnc5C(F)(F)F)CC4)CC3)cc2)C=CN1. The summed E-state index contributed by atoms with van der Waals surface area (Å²) in [4.78, 5) is 36.5. The van der Waals surface area contributed by atoms with Crippen LogP contribution in [0.4, 0.5) is 41.7 Å². The number of ether oxygens (including phenoxy) is 1. The first-order valence-corrected chi connectivity index (χ1v) is 28.6. The third kappa shape index (κ3) is 14.4. The van der Waals surface area contributed by atoms with Crippen LogP contribution in [0.1, 0.15) is 143 Å². The number of benzene rings is 2. The van der Waals surface area contributed by atoms with Crippen molar-refractivity contribution in [3.05, 3.63) is 142 Å². The lowest BCUT2D eigenvalue weighted by molar-refractivity contribution is -0.148. The topological polar surface area (TPSA) is 191 Å². The zero-order valence-electron chi connectivity index (χ0n) is 48.6. The van der Waals surface area contributed by atoms with Gasteiger partial charge in [-0.3, -0.25) is 5.43 Å². The van der Waals surface area contributed by atoms with Crippen LogP contribution in [0.15, 0.2) is 101 Å². The van der Waals surface area contributed by atoms with Crippen LogP contribution in [0.25, 0.3) is 0 Å². The number of likely N-dealkylation sites (tertiary alicyclic amines) is 2. The molecule has 0 spiro atoms. The summed E-state index contributed by atoms with van der Waals surface area (Å²) in [7, 11) is 0. The number of hydrogen-bond donors (Lipinski definition) is 2. The molecule has 1 atom stereocenters. The predicted octanol–water partition coefficient (Wildman–Crippen LogP) is 10.1. The molecule has 0 saturated carbocycles. The van der Waals surface area contributed by atoms with Crippen molar-refractivity contribution < 1.29 is 45.8 Å². The number of pyridine rings is 1. The summed E-state index contributed by atoms with van der Waals surface area (Å²) < 4.78 is 86.7. The highest BCUT2D eigenvalue weighted by Gasteiger charge is 2.42. The van der Waals surface area contributed by atoms with E-state index >= 15 is 0 Å². The third-order valence-electron chi connectivity index (χ3n) is 15.7. The maximum absolute atomic E-state index is 13.3. The van der Waals surface area contributed by atoms with E-state index in [1.807, 2.05) is 36.4 Å². The molecular formula is C61H67F6N15O4. The number of halogens is 6. The fourth-order valence-corrected chi connectivity index (χ4v) is 11.2. The molecule has 0 aliphatic carbocycles. The number of anilines is 1. The molecule has 11 rings (SSSR count). The summed E-state index contributed by atoms with van der Waals surface area (Å²) >= 11 is 0. The van der Waals surface area contributed by atoms with Gasteiger partial charge in [0.15, 0.2) is 11.6 Å². The van der Waals surface area contributed by atoms with Crippen LogP contribution < -0.4 is 10.3 Å². The van der Waals surface area contributed by atoms with E-state index in [1.165, 1.54) is 21.0 Å². The molecule has 5 aromatic rings. The number of alkyl halides is 6. The van der Waals surface area contributed by atoms with Crippen molar-refractivity contribution in [1.82, 2.24) is 59.9 Å². The van der Waals surface area contributed by atoms with Gasteiger partial charge in [0.2, 0.25) is 0 Å². The van der Waals surface area contributed by atoms with Gasteiger partial charge in [0.05, 0.1) is 6.04 Å². The van der Waals surface area contributed by atoms with E-state index in [4.69, 9.17) is 4.74 Å². The normalized spacial score (nSPS) is 18.6. The Bertz CT molecular complexity index is 3540. The summed E-state index contributed by atoms with van der Waals surface area (Å²) in [5.74, 6) is 13.7. The Labute approximate surface area is 494 Å². The summed E-state index contributed by atoms with van der Waals surface area (Å²) in [6.45, 7) is 16.1. The summed E-state index contributed by atoms with van der Waals surface area (Å²) in [6, 6.07) is 20.1. The Morgan fingerprint density at radius 2 is 1.09 bits per heavy atom. The number of allylic oxidation sites excluding steroid dienone is 2. The minimum atomic E-state index is -4.60. The van der Waals surface area contributed by atoms with E-state index in [0.29, 0.717) is 87.5 Å². The number of piperazine rings is 1. The van der Waals surface area contributed by atoms with Crippen LogP contribution in [-0.2, 0) is 29.9 Å². The number of aryl methyl sites for hydroxylation is 2. The maximum atomic E-state index is 13.3. The monoisotopic (exact) mass is 1190 g/mol. The van der Waals surface area contributed by atoms with E-state index < -0.39 is 41.8 Å². The number of carbonyl (C=O) groups excluding carboxylic acids is 1. The Balaban J connectivity index is 0.000000193. The smallest absolute Gasteiger partial charge is 0.453 e. The van der Waals surface area contributed by atoms with Gasteiger partial charge in [0.1, 0.15) is 23.1 Å². The molecule has 1 unspecified atom stereocenters. The Morgan fingerprint density at radius 1 is 0.605 bits per heavy atom. The van der Waals surface area contributed by atoms with Crippen molar-refractivity contribution in [2.45, 2.75) is 129 Å². The highest BCUT2D eigenvalue weighted by Crippen LogP contribution is 2.35. The fraction of sp³-hybridized carbons (Fsp3) is 0.459. The summed E-state index contributed by atoms with van der Waals surface area (Å²) in [6.07, 6.45) is 1.52. The van der Waals surface area contributed by atoms with Crippen LogP contribution in [0.5, 0.6) is 0 Å². The van der Waals surface area contributed by atoms with Crippen LogP contribution in [0.2, 0.25) is 0 Å². The van der Waals surface area contributed by atoms with Crippen LogP contribution in [0, 0.1) is 29.1 Å². The molecule has 0 radical (unpaired) electrons. The van der Waals surface area contributed by atoms with Gasteiger partial charge in [-0.2, -0.15) is 50.9 Å². The first-order chi connectivity index (χ1) is 40.8. The minimum Gasteiger partial charge on any atom is -0.465 e. The molecule has 3 aromatic heterocycles. The lowest BCUT2D eigenvalue weighted by atomic mass is 9.84. The molecule has 19 nitrogen and oxygen atoms in total. The van der Waals surface area contributed by atoms with Gasteiger partial charge >= 0.3 is 24.5 Å². The highest BCUT2D eigenvalue weighted by atomic mass is 19.4. The number of fused-ring (bicyclic) bond motifs is 2. The molecule has 86 heavy (non-hydrogen) atoms. The number of carboxylic acid groups (broad SMARTS) is 1. The molecule has 2 N–H and O–H groups in total. The van der Waals surface area contributed by atoms with Crippen LogP contribution in [0.3, 0.4) is 0 Å². The van der Waals surface area contributed by atoms with Crippen molar-refractivity contribution in [2.75, 3.05) is 50.7 Å². The number of hydrazine groups is 1. The molecule has 6 aliphatic heterocycles. The fourth-order valence-electron chi connectivity index (χ4n) is 11.2. The van der Waals surface area contributed by atoms with Gasteiger partial charge < -0.3 is 29.4 Å². The number of nitrogens with one attached hydrogen (secondary N) is 1. The lowest BCUT2D eigenvalue weighted by Crippen LogP contribution is -2.59. The number of amides is 2. The largest absolute Gasteiger partial charge is 0.465 e. The van der Waals surface area contributed by atoms with Gasteiger partial charge in [-0.05, 0) is 117 Å². The molecule has 3 fully saturated rings. The number of nitrogens with zero attached hydrogens (tertiary/aromatic N) is 14. The van der Waals surface area contributed by atoms with Crippen molar-refractivity contribution in [1.29, 1.82) is 0 Å². The van der Waals surface area contributed by atoms with Crippen molar-refractivity contribution in [2.24, 2.45) is 15.6 Å². The molecule has 3 saturated heterocycles. The van der Waals surface area contributed by atoms with Crippen molar-refractivity contribution >= 4 is 29.7 Å². The van der Waals surface area contributed by atoms with Gasteiger partial charge in [0.25, 0.3) is 11.6 Å². The van der Waals surface area contributed by atoms with Crippen molar-refractivity contribution in [3.8, 4) is 23.7 Å². The third-order valence-corrected chi connectivity index (χ3v) is 15.7. The number of rotatable bonds is 3. The molecular weight excluding hydrogens is 1120 g/mol. The molecule has 0 bridgehead atoms. The van der Waals surface area contributed by atoms with Crippen molar-refractivity contribution in [3.63, 3.8) is 0 Å². The quantitative estimate of drug-likeness (QED) is 0.128. The van der Waals surface area contributed by atoms with Crippen LogP contribution in [-0.4, -0.2) is 141 Å². The average molecular weight is 1190 g/mol. The van der Waals surface area contributed by atoms with Gasteiger partial charge in [0, 0.05) is 112 Å². The van der Waals surface area contributed by atoms with E-state index in [0.717, 1.165) is 70.6 Å². The zero-order valence-corrected chi connectivity index (χ0v) is 48.6. The van der Waals surface area contributed by atoms with Gasteiger partial charge in [-0.25, -0.2) is 14.6 Å².